The third-order valence-corrected chi connectivity index (χ3v) is 3.30. The van der Waals surface area contributed by atoms with E-state index in [4.69, 9.17) is 15.6 Å². The van der Waals surface area contributed by atoms with Gasteiger partial charge in [-0.05, 0) is 39.2 Å². The first-order valence-corrected chi connectivity index (χ1v) is 6.48. The number of rotatable bonds is 8. The molecule has 2 unspecified atom stereocenters. The van der Waals surface area contributed by atoms with Gasteiger partial charge in [0.2, 0.25) is 0 Å². The molecule has 0 aromatic rings. The van der Waals surface area contributed by atoms with Crippen molar-refractivity contribution in [2.24, 2.45) is 5.73 Å². The smallest absolute Gasteiger partial charge is 0.0823 e. The first-order chi connectivity index (χ1) is 7.81. The van der Waals surface area contributed by atoms with Crippen LogP contribution in [0, 0.1) is 0 Å². The Balaban J connectivity index is 2.32. The third kappa shape index (κ3) is 4.37. The maximum atomic E-state index is 8.86. The van der Waals surface area contributed by atoms with Gasteiger partial charge in [0.05, 0.1) is 6.10 Å². The number of likely N-dealkylation sites (tertiary alicyclic amines) is 1. The predicted octanol–water partition coefficient (Wildman–Crippen LogP) is 0.587. The topological polar surface area (TPSA) is 58.7 Å². The number of ether oxygens (including phenoxy) is 1. The van der Waals surface area contributed by atoms with Gasteiger partial charge in [-0.3, -0.25) is 4.90 Å². The molecule has 4 nitrogen and oxygen atoms in total. The van der Waals surface area contributed by atoms with Crippen molar-refractivity contribution in [3.8, 4) is 0 Å². The molecular weight excluding hydrogens is 204 g/mol. The maximum Gasteiger partial charge on any atom is 0.0823 e. The summed E-state index contributed by atoms with van der Waals surface area (Å²) in [6.45, 7) is 5.74. The summed E-state index contributed by atoms with van der Waals surface area (Å²) in [6.07, 6.45) is 4.69. The monoisotopic (exact) mass is 230 g/mol. The fourth-order valence-electron chi connectivity index (χ4n) is 2.48. The number of hydrogen-bond acceptors (Lipinski definition) is 4. The quantitative estimate of drug-likeness (QED) is 0.640. The molecule has 4 heteroatoms. The lowest BCUT2D eigenvalue weighted by Crippen LogP contribution is -2.40. The summed E-state index contributed by atoms with van der Waals surface area (Å²) < 4.78 is 5.59. The van der Waals surface area contributed by atoms with Crippen LogP contribution in [0.3, 0.4) is 0 Å². The zero-order valence-corrected chi connectivity index (χ0v) is 10.4. The Morgan fingerprint density at radius 3 is 3.00 bits per heavy atom. The lowest BCUT2D eigenvalue weighted by Gasteiger charge is -2.28. The molecule has 0 saturated carbocycles. The lowest BCUT2D eigenvalue weighted by molar-refractivity contribution is 0.0346. The van der Waals surface area contributed by atoms with Crippen molar-refractivity contribution in [1.82, 2.24) is 4.90 Å². The van der Waals surface area contributed by atoms with Gasteiger partial charge in [-0.2, -0.15) is 0 Å². The number of aliphatic hydroxyl groups is 1. The van der Waals surface area contributed by atoms with E-state index in [2.05, 4.69) is 4.90 Å². The molecule has 16 heavy (non-hydrogen) atoms. The van der Waals surface area contributed by atoms with Gasteiger partial charge in [0.1, 0.15) is 0 Å². The van der Waals surface area contributed by atoms with Crippen LogP contribution in [0.5, 0.6) is 0 Å². The van der Waals surface area contributed by atoms with Crippen molar-refractivity contribution in [2.45, 2.75) is 44.8 Å². The summed E-state index contributed by atoms with van der Waals surface area (Å²) in [5.74, 6) is 0. The highest BCUT2D eigenvalue weighted by atomic mass is 16.5. The van der Waals surface area contributed by atoms with Crippen molar-refractivity contribution in [3.63, 3.8) is 0 Å². The molecule has 0 spiro atoms. The Labute approximate surface area is 98.8 Å². The lowest BCUT2D eigenvalue weighted by atomic mass is 10.1. The number of nitrogens with two attached hydrogens (primary N) is 1. The molecule has 0 aromatic carbocycles. The number of aliphatic hydroxyl groups excluding tert-OH is 1. The molecule has 0 bridgehead atoms. The van der Waals surface area contributed by atoms with E-state index < -0.39 is 0 Å². The van der Waals surface area contributed by atoms with Crippen molar-refractivity contribution in [2.75, 3.05) is 32.8 Å². The second-order valence-corrected chi connectivity index (χ2v) is 4.47. The molecule has 1 aliphatic rings. The van der Waals surface area contributed by atoms with Gasteiger partial charge in [0.25, 0.3) is 0 Å². The molecule has 3 N–H and O–H groups in total. The SMILES string of the molecule is CCOC(CN)CN1CCCC1CCCO. The Morgan fingerprint density at radius 2 is 2.38 bits per heavy atom. The molecule has 0 radical (unpaired) electrons. The largest absolute Gasteiger partial charge is 0.396 e. The summed E-state index contributed by atoms with van der Waals surface area (Å²) in [6, 6.07) is 0.627. The average molecular weight is 230 g/mol. The van der Waals surface area contributed by atoms with E-state index in [1.165, 1.54) is 12.8 Å². The van der Waals surface area contributed by atoms with E-state index in [0.717, 1.165) is 32.5 Å². The van der Waals surface area contributed by atoms with Crippen LogP contribution in [0.4, 0.5) is 0 Å². The molecular formula is C12H26N2O2. The van der Waals surface area contributed by atoms with Crippen LogP contribution in [0.25, 0.3) is 0 Å². The van der Waals surface area contributed by atoms with Gasteiger partial charge >= 0.3 is 0 Å². The van der Waals surface area contributed by atoms with Crippen LogP contribution < -0.4 is 5.73 Å². The minimum absolute atomic E-state index is 0.166. The van der Waals surface area contributed by atoms with E-state index in [1.54, 1.807) is 0 Å². The second kappa shape index (κ2) is 8.01. The predicted molar refractivity (Wildman–Crippen MR) is 65.4 cm³/mol. The fourth-order valence-corrected chi connectivity index (χ4v) is 2.48. The van der Waals surface area contributed by atoms with Crippen molar-refractivity contribution < 1.29 is 9.84 Å². The molecule has 1 heterocycles. The fraction of sp³-hybridized carbons (Fsp3) is 1.00. The average Bonchev–Trinajstić information content (AvgIpc) is 2.73. The highest BCUT2D eigenvalue weighted by Crippen LogP contribution is 2.21. The van der Waals surface area contributed by atoms with E-state index in [1.807, 2.05) is 6.92 Å². The van der Waals surface area contributed by atoms with Crippen LogP contribution in [0.1, 0.15) is 32.6 Å². The number of hydrogen-bond donors (Lipinski definition) is 2. The highest BCUT2D eigenvalue weighted by molar-refractivity contribution is 4.81. The van der Waals surface area contributed by atoms with E-state index in [-0.39, 0.29) is 6.10 Å². The summed E-state index contributed by atoms with van der Waals surface area (Å²) in [5.41, 5.74) is 5.69. The van der Waals surface area contributed by atoms with Gasteiger partial charge in [0, 0.05) is 32.3 Å². The number of nitrogens with zero attached hydrogens (tertiary/aromatic N) is 1. The summed E-state index contributed by atoms with van der Waals surface area (Å²) in [5, 5.41) is 8.86. The molecule has 96 valence electrons. The molecule has 0 aliphatic carbocycles. The Morgan fingerprint density at radius 1 is 1.56 bits per heavy atom. The van der Waals surface area contributed by atoms with Gasteiger partial charge in [0.15, 0.2) is 0 Å². The van der Waals surface area contributed by atoms with E-state index in [9.17, 15) is 0 Å². The van der Waals surface area contributed by atoms with Gasteiger partial charge < -0.3 is 15.6 Å². The molecule has 2 atom stereocenters. The minimum Gasteiger partial charge on any atom is -0.396 e. The van der Waals surface area contributed by atoms with Gasteiger partial charge in [-0.25, -0.2) is 0 Å². The highest BCUT2D eigenvalue weighted by Gasteiger charge is 2.25. The first kappa shape index (κ1) is 13.9. The van der Waals surface area contributed by atoms with E-state index in [0.29, 0.717) is 19.2 Å². The van der Waals surface area contributed by atoms with Gasteiger partial charge in [-0.15, -0.1) is 0 Å². The Hall–Kier alpha value is -0.160. The second-order valence-electron chi connectivity index (χ2n) is 4.47. The maximum absolute atomic E-state index is 8.86. The minimum atomic E-state index is 0.166. The summed E-state index contributed by atoms with van der Waals surface area (Å²) in [7, 11) is 0. The molecule has 1 fully saturated rings. The van der Waals surface area contributed by atoms with Crippen LogP contribution >= 0.6 is 0 Å². The van der Waals surface area contributed by atoms with E-state index >= 15 is 0 Å². The van der Waals surface area contributed by atoms with Crippen LogP contribution in [0.15, 0.2) is 0 Å². The molecule has 0 aromatic heterocycles. The zero-order valence-electron chi connectivity index (χ0n) is 10.4. The standard InChI is InChI=1S/C12H26N2O2/c1-2-16-12(9-13)10-14-7-3-5-11(14)6-4-8-15/h11-12,15H,2-10,13H2,1H3. The zero-order chi connectivity index (χ0) is 11.8. The Bertz CT molecular complexity index is 178. The van der Waals surface area contributed by atoms with Crippen molar-refractivity contribution >= 4 is 0 Å². The molecule has 1 aliphatic heterocycles. The van der Waals surface area contributed by atoms with Crippen LogP contribution in [-0.4, -0.2) is 55.0 Å². The Kier molecular flexibility index (Phi) is 6.96. The van der Waals surface area contributed by atoms with Crippen molar-refractivity contribution in [1.29, 1.82) is 0 Å². The third-order valence-electron chi connectivity index (χ3n) is 3.30. The van der Waals surface area contributed by atoms with Crippen molar-refractivity contribution in [3.05, 3.63) is 0 Å². The van der Waals surface area contributed by atoms with Gasteiger partial charge in [-0.1, -0.05) is 0 Å². The first-order valence-electron chi connectivity index (χ1n) is 6.48. The normalized spacial score (nSPS) is 23.8. The molecule has 1 rings (SSSR count). The molecule has 0 amide bonds. The van der Waals surface area contributed by atoms with Crippen LogP contribution in [-0.2, 0) is 4.74 Å². The summed E-state index contributed by atoms with van der Waals surface area (Å²) in [4.78, 5) is 2.48. The molecule has 1 saturated heterocycles. The summed E-state index contributed by atoms with van der Waals surface area (Å²) >= 11 is 0. The van der Waals surface area contributed by atoms with Crippen LogP contribution in [0.2, 0.25) is 0 Å².